The van der Waals surface area contributed by atoms with Crippen LogP contribution in [0.25, 0.3) is 0 Å². The van der Waals surface area contributed by atoms with Gasteiger partial charge in [-0.15, -0.1) is 12.4 Å². The van der Waals surface area contributed by atoms with Crippen molar-refractivity contribution in [1.82, 2.24) is 9.78 Å². The Hall–Kier alpha value is -1.76. The van der Waals surface area contributed by atoms with Gasteiger partial charge in [0.1, 0.15) is 18.2 Å². The summed E-state index contributed by atoms with van der Waals surface area (Å²) in [5.74, 6) is -1.07. The molecule has 8 heteroatoms. The zero-order valence-corrected chi connectivity index (χ0v) is 11.0. The van der Waals surface area contributed by atoms with Gasteiger partial charge in [0.2, 0.25) is 0 Å². The number of halogens is 5. The number of nitrogens with zero attached hydrogens (tertiary/aromatic N) is 2. The molecule has 0 saturated carbocycles. The van der Waals surface area contributed by atoms with Crippen LogP contribution in [0.5, 0.6) is 0 Å². The molecule has 110 valence electrons. The van der Waals surface area contributed by atoms with Crippen LogP contribution in [-0.2, 0) is 13.1 Å². The number of benzene rings is 1. The quantitative estimate of drug-likeness (QED) is 0.857. The van der Waals surface area contributed by atoms with E-state index in [-0.39, 0.29) is 24.5 Å². The van der Waals surface area contributed by atoms with Gasteiger partial charge in [-0.2, -0.15) is 5.10 Å². The number of rotatable bonds is 5. The van der Waals surface area contributed by atoms with Crippen LogP contribution in [0.1, 0.15) is 5.56 Å². The minimum atomic E-state index is -2.49. The van der Waals surface area contributed by atoms with E-state index in [0.717, 1.165) is 22.9 Å². The average Bonchev–Trinajstić information content (AvgIpc) is 2.77. The molecule has 2 aromatic rings. The average molecular weight is 310 g/mol. The van der Waals surface area contributed by atoms with Gasteiger partial charge in [0.15, 0.2) is 0 Å². The highest BCUT2D eigenvalue weighted by Gasteiger charge is 2.07. The summed E-state index contributed by atoms with van der Waals surface area (Å²) in [7, 11) is 0. The van der Waals surface area contributed by atoms with Crippen LogP contribution in [0.2, 0.25) is 0 Å². The maximum absolute atomic E-state index is 13.3. The van der Waals surface area contributed by atoms with Crippen LogP contribution < -0.4 is 5.32 Å². The maximum Gasteiger partial charge on any atom is 0.257 e. The zero-order chi connectivity index (χ0) is 13.8. The number of nitrogens with one attached hydrogen (secondary N) is 1. The highest BCUT2D eigenvalue weighted by molar-refractivity contribution is 5.85. The monoisotopic (exact) mass is 309 g/mol. The van der Waals surface area contributed by atoms with Gasteiger partial charge in [-0.25, -0.2) is 17.6 Å². The van der Waals surface area contributed by atoms with Gasteiger partial charge in [-0.1, -0.05) is 0 Å². The van der Waals surface area contributed by atoms with Crippen molar-refractivity contribution in [2.45, 2.75) is 19.5 Å². The lowest BCUT2D eigenvalue weighted by atomic mass is 10.2. The van der Waals surface area contributed by atoms with Crippen LogP contribution in [0.4, 0.5) is 23.2 Å². The van der Waals surface area contributed by atoms with Crippen LogP contribution in [0.15, 0.2) is 30.6 Å². The van der Waals surface area contributed by atoms with Crippen molar-refractivity contribution >= 4 is 18.1 Å². The van der Waals surface area contributed by atoms with Crippen molar-refractivity contribution in [3.63, 3.8) is 0 Å². The number of alkyl halides is 2. The second-order valence-electron chi connectivity index (χ2n) is 3.93. The Balaban J connectivity index is 0.00000200. The molecule has 0 amide bonds. The Morgan fingerprint density at radius 3 is 2.70 bits per heavy atom. The molecule has 0 aliphatic carbocycles. The van der Waals surface area contributed by atoms with Gasteiger partial charge in [0.05, 0.1) is 11.9 Å². The molecule has 1 aromatic heterocycles. The summed E-state index contributed by atoms with van der Waals surface area (Å²) in [6.45, 7) is -0.458. The summed E-state index contributed by atoms with van der Waals surface area (Å²) < 4.78 is 51.5. The summed E-state index contributed by atoms with van der Waals surface area (Å²) in [6.07, 6.45) is 0.233. The Bertz CT molecular complexity index is 559. The Morgan fingerprint density at radius 1 is 1.25 bits per heavy atom. The molecule has 0 fully saturated rings. The predicted octanol–water partition coefficient (Wildman–Crippen LogP) is 3.46. The molecule has 0 saturated heterocycles. The molecular formula is C12H12ClF4N3. The molecule has 0 spiro atoms. The van der Waals surface area contributed by atoms with E-state index in [2.05, 4.69) is 10.4 Å². The van der Waals surface area contributed by atoms with Crippen molar-refractivity contribution < 1.29 is 17.6 Å². The lowest BCUT2D eigenvalue weighted by Gasteiger charge is -2.05. The van der Waals surface area contributed by atoms with Crippen molar-refractivity contribution in [3.05, 3.63) is 47.8 Å². The summed E-state index contributed by atoms with van der Waals surface area (Å²) in [5, 5.41) is 6.50. The minimum Gasteiger partial charge on any atom is -0.378 e. The lowest BCUT2D eigenvalue weighted by Crippen LogP contribution is -2.06. The van der Waals surface area contributed by atoms with Crippen LogP contribution in [-0.4, -0.2) is 16.2 Å². The van der Waals surface area contributed by atoms with E-state index in [1.165, 1.54) is 12.4 Å². The highest BCUT2D eigenvalue weighted by atomic mass is 35.5. The van der Waals surface area contributed by atoms with Crippen LogP contribution >= 0.6 is 12.4 Å². The predicted molar refractivity (Wildman–Crippen MR) is 69.2 cm³/mol. The molecular weight excluding hydrogens is 298 g/mol. The van der Waals surface area contributed by atoms with Crippen molar-refractivity contribution in [1.29, 1.82) is 0 Å². The Labute approximate surface area is 119 Å². The minimum absolute atomic E-state index is 0. The summed E-state index contributed by atoms with van der Waals surface area (Å²) >= 11 is 0. The first kappa shape index (κ1) is 16.3. The van der Waals surface area contributed by atoms with E-state index in [1.54, 1.807) is 0 Å². The first-order valence-electron chi connectivity index (χ1n) is 5.53. The smallest absolute Gasteiger partial charge is 0.257 e. The number of anilines is 1. The summed E-state index contributed by atoms with van der Waals surface area (Å²) in [6, 6.07) is 3.14. The molecule has 0 radical (unpaired) electrons. The topological polar surface area (TPSA) is 29.9 Å². The third-order valence-corrected chi connectivity index (χ3v) is 2.45. The fraction of sp³-hybridized carbons (Fsp3) is 0.250. The van der Waals surface area contributed by atoms with Gasteiger partial charge < -0.3 is 5.32 Å². The normalized spacial score (nSPS) is 10.4. The SMILES string of the molecule is Cl.Fc1ccc(F)c(CNc2cnn(CC(F)F)c2)c1. The first-order valence-corrected chi connectivity index (χ1v) is 5.53. The van der Waals surface area contributed by atoms with Crippen molar-refractivity contribution in [2.24, 2.45) is 0 Å². The molecule has 0 atom stereocenters. The molecule has 1 aromatic carbocycles. The standard InChI is InChI=1S/C12H11F4N3.ClH/c13-9-1-2-11(14)8(3-9)4-17-10-5-18-19(6-10)7-12(15)16;/h1-3,5-6,12,17H,4,7H2;1H. The third-order valence-electron chi connectivity index (χ3n) is 2.45. The maximum atomic E-state index is 13.3. The molecule has 2 rings (SSSR count). The molecule has 0 aliphatic heterocycles. The molecule has 1 N–H and O–H groups in total. The van der Waals surface area contributed by atoms with Gasteiger partial charge in [-0.05, 0) is 18.2 Å². The van der Waals surface area contributed by atoms with Crippen LogP contribution in [0, 0.1) is 11.6 Å². The van der Waals surface area contributed by atoms with Crippen LogP contribution in [0.3, 0.4) is 0 Å². The molecule has 0 unspecified atom stereocenters. The van der Waals surface area contributed by atoms with E-state index in [0.29, 0.717) is 5.69 Å². The first-order chi connectivity index (χ1) is 9.04. The fourth-order valence-electron chi connectivity index (χ4n) is 1.57. The third kappa shape index (κ3) is 4.41. The fourth-order valence-corrected chi connectivity index (χ4v) is 1.57. The lowest BCUT2D eigenvalue weighted by molar-refractivity contribution is 0.122. The largest absolute Gasteiger partial charge is 0.378 e. The van der Waals surface area contributed by atoms with E-state index in [1.807, 2.05) is 0 Å². The second-order valence-corrected chi connectivity index (χ2v) is 3.93. The Morgan fingerprint density at radius 2 is 2.00 bits per heavy atom. The zero-order valence-electron chi connectivity index (χ0n) is 10.2. The van der Waals surface area contributed by atoms with E-state index in [9.17, 15) is 17.6 Å². The number of hydrogen-bond donors (Lipinski definition) is 1. The molecule has 20 heavy (non-hydrogen) atoms. The van der Waals surface area contributed by atoms with Gasteiger partial charge in [0, 0.05) is 18.3 Å². The summed E-state index contributed by atoms with van der Waals surface area (Å²) in [5.41, 5.74) is 0.617. The highest BCUT2D eigenvalue weighted by Crippen LogP contribution is 2.13. The van der Waals surface area contributed by atoms with E-state index < -0.39 is 24.6 Å². The summed E-state index contributed by atoms with van der Waals surface area (Å²) in [4.78, 5) is 0. The van der Waals surface area contributed by atoms with Crippen molar-refractivity contribution in [3.8, 4) is 0 Å². The van der Waals surface area contributed by atoms with Gasteiger partial charge in [0.25, 0.3) is 6.43 Å². The second kappa shape index (κ2) is 7.14. The van der Waals surface area contributed by atoms with Gasteiger partial charge >= 0.3 is 0 Å². The van der Waals surface area contributed by atoms with E-state index in [4.69, 9.17) is 0 Å². The number of hydrogen-bond acceptors (Lipinski definition) is 2. The molecule has 0 bridgehead atoms. The molecule has 1 heterocycles. The Kier molecular flexibility index (Phi) is 5.82. The van der Waals surface area contributed by atoms with Gasteiger partial charge in [-0.3, -0.25) is 4.68 Å². The molecule has 0 aliphatic rings. The van der Waals surface area contributed by atoms with E-state index >= 15 is 0 Å². The molecule has 3 nitrogen and oxygen atoms in total. The number of aromatic nitrogens is 2. The van der Waals surface area contributed by atoms with Crippen molar-refractivity contribution in [2.75, 3.05) is 5.32 Å².